The van der Waals surface area contributed by atoms with Crippen LogP contribution in [0.5, 0.6) is 0 Å². The molecule has 2 amide bonds. The van der Waals surface area contributed by atoms with Gasteiger partial charge in [-0.25, -0.2) is 4.90 Å². The lowest BCUT2D eigenvalue weighted by atomic mass is 9.63. The second-order valence-corrected chi connectivity index (χ2v) is 7.46. The number of carbonyl (C=O) groups excluding carboxylic acids is 2. The molecule has 22 heavy (non-hydrogen) atoms. The zero-order chi connectivity index (χ0) is 15.2. The highest BCUT2D eigenvalue weighted by atomic mass is 16.2. The Hall–Kier alpha value is -1.90. The summed E-state index contributed by atoms with van der Waals surface area (Å²) < 4.78 is 0. The molecule has 112 valence electrons. The lowest BCUT2D eigenvalue weighted by Crippen LogP contribution is -2.40. The van der Waals surface area contributed by atoms with Gasteiger partial charge in [0.25, 0.3) is 0 Å². The summed E-state index contributed by atoms with van der Waals surface area (Å²) in [5, 5.41) is 0. The molecule has 1 aliphatic heterocycles. The van der Waals surface area contributed by atoms with Crippen LogP contribution in [0.15, 0.2) is 30.4 Å². The average molecular weight is 293 g/mol. The fourth-order valence-electron chi connectivity index (χ4n) is 5.25. The molecule has 0 aromatic heterocycles. The lowest BCUT2D eigenvalue weighted by Gasteiger charge is -2.37. The third-order valence-electron chi connectivity index (χ3n) is 6.26. The molecule has 2 saturated carbocycles. The molecule has 0 spiro atoms. The minimum absolute atomic E-state index is 0.0339. The predicted molar refractivity (Wildman–Crippen MR) is 83.1 cm³/mol. The van der Waals surface area contributed by atoms with Crippen LogP contribution in [0.25, 0.3) is 0 Å². The number of hydrogen-bond donors (Lipinski definition) is 0. The quantitative estimate of drug-likeness (QED) is 0.590. The van der Waals surface area contributed by atoms with Gasteiger partial charge in [-0.15, -0.1) is 0 Å². The number of carbonyl (C=O) groups is 2. The van der Waals surface area contributed by atoms with E-state index < -0.39 is 0 Å². The first-order valence-electron chi connectivity index (χ1n) is 8.21. The number of allylic oxidation sites excluding steroid dienone is 2. The van der Waals surface area contributed by atoms with Gasteiger partial charge in [0.2, 0.25) is 11.8 Å². The van der Waals surface area contributed by atoms with Crippen molar-refractivity contribution < 1.29 is 9.59 Å². The lowest BCUT2D eigenvalue weighted by molar-refractivity contribution is -0.124. The summed E-state index contributed by atoms with van der Waals surface area (Å²) in [7, 11) is 0. The Bertz CT molecular complexity index is 714. The molecule has 6 atom stereocenters. The van der Waals surface area contributed by atoms with Crippen molar-refractivity contribution in [2.45, 2.75) is 20.3 Å². The van der Waals surface area contributed by atoms with E-state index in [2.05, 4.69) is 12.2 Å². The normalized spacial score (nSPS) is 40.9. The summed E-state index contributed by atoms with van der Waals surface area (Å²) in [6.07, 6.45) is 5.65. The molecule has 1 heterocycles. The van der Waals surface area contributed by atoms with E-state index >= 15 is 0 Å². The van der Waals surface area contributed by atoms with E-state index in [0.717, 1.165) is 16.8 Å². The Morgan fingerprint density at radius 2 is 1.55 bits per heavy atom. The minimum Gasteiger partial charge on any atom is -0.274 e. The first-order chi connectivity index (χ1) is 10.6. The fraction of sp³-hybridized carbons (Fsp3) is 0.474. The summed E-state index contributed by atoms with van der Waals surface area (Å²) in [5.74, 6) is 1.77. The molecule has 0 radical (unpaired) electrons. The Balaban J connectivity index is 1.60. The molecule has 0 N–H and O–H groups in total. The van der Waals surface area contributed by atoms with E-state index in [1.807, 2.05) is 32.0 Å². The van der Waals surface area contributed by atoms with Crippen LogP contribution in [0.2, 0.25) is 0 Å². The molecule has 5 aliphatic rings. The third kappa shape index (κ3) is 1.37. The first kappa shape index (κ1) is 12.6. The summed E-state index contributed by atoms with van der Waals surface area (Å²) in [6, 6.07) is 5.95. The maximum absolute atomic E-state index is 13.0. The largest absolute Gasteiger partial charge is 0.274 e. The zero-order valence-corrected chi connectivity index (χ0v) is 12.8. The molecular weight excluding hydrogens is 274 g/mol. The highest BCUT2D eigenvalue weighted by Crippen LogP contribution is 2.65. The standard InChI is InChI=1S/C19H19NO2/c1-9-3-6-15(10(2)7-9)20-18(21)16-11-4-5-12(14-8-13(11)14)17(16)19(20)22/h3-7,11-14,16-17H,8H2,1-2H3/t11-,12+,13-,14-,16+,17+/m1/s1. The van der Waals surface area contributed by atoms with E-state index in [-0.39, 0.29) is 23.7 Å². The van der Waals surface area contributed by atoms with Crippen LogP contribution < -0.4 is 4.90 Å². The van der Waals surface area contributed by atoms with Gasteiger partial charge in [-0.05, 0) is 55.6 Å². The second kappa shape index (κ2) is 3.89. The number of benzene rings is 1. The van der Waals surface area contributed by atoms with Crippen LogP contribution in [0.3, 0.4) is 0 Å². The molecule has 4 aliphatic carbocycles. The highest BCUT2D eigenvalue weighted by Gasteiger charge is 2.67. The molecule has 6 rings (SSSR count). The van der Waals surface area contributed by atoms with Gasteiger partial charge in [-0.2, -0.15) is 0 Å². The molecule has 1 aromatic carbocycles. The van der Waals surface area contributed by atoms with Crippen LogP contribution in [-0.2, 0) is 9.59 Å². The smallest absolute Gasteiger partial charge is 0.238 e. The summed E-state index contributed by atoms with van der Waals surface area (Å²) in [4.78, 5) is 27.5. The number of nitrogens with zero attached hydrogens (tertiary/aromatic N) is 1. The molecule has 3 nitrogen and oxygen atoms in total. The Labute approximate surface area is 130 Å². The second-order valence-electron chi connectivity index (χ2n) is 7.46. The van der Waals surface area contributed by atoms with Crippen molar-refractivity contribution in [3.05, 3.63) is 41.5 Å². The van der Waals surface area contributed by atoms with E-state index in [0.29, 0.717) is 23.7 Å². The van der Waals surface area contributed by atoms with Gasteiger partial charge in [0.05, 0.1) is 17.5 Å². The SMILES string of the molecule is Cc1ccc(N2C(=O)[C@H]3[C@@H]4C=C[C@@H]([C@H]5C[C@H]45)[C@@H]3C2=O)c(C)c1. The fourth-order valence-corrected chi connectivity index (χ4v) is 5.25. The van der Waals surface area contributed by atoms with Gasteiger partial charge in [0, 0.05) is 0 Å². The minimum atomic E-state index is -0.105. The van der Waals surface area contributed by atoms with Crippen LogP contribution in [0, 0.1) is 49.4 Å². The van der Waals surface area contributed by atoms with Gasteiger partial charge in [0.15, 0.2) is 0 Å². The Morgan fingerprint density at radius 1 is 0.955 bits per heavy atom. The number of aryl methyl sites for hydroxylation is 2. The van der Waals surface area contributed by atoms with Crippen LogP contribution in [0.1, 0.15) is 17.5 Å². The topological polar surface area (TPSA) is 37.4 Å². The maximum atomic E-state index is 13.0. The van der Waals surface area contributed by atoms with Gasteiger partial charge < -0.3 is 0 Å². The van der Waals surface area contributed by atoms with Crippen molar-refractivity contribution in [3.63, 3.8) is 0 Å². The van der Waals surface area contributed by atoms with Crippen LogP contribution in [-0.4, -0.2) is 11.8 Å². The summed E-state index contributed by atoms with van der Waals surface area (Å²) in [6.45, 7) is 4.01. The zero-order valence-electron chi connectivity index (χ0n) is 12.8. The van der Waals surface area contributed by atoms with Crippen LogP contribution >= 0.6 is 0 Å². The molecule has 3 fully saturated rings. The van der Waals surface area contributed by atoms with Crippen LogP contribution in [0.4, 0.5) is 5.69 Å². The van der Waals surface area contributed by atoms with Gasteiger partial charge in [0.1, 0.15) is 0 Å². The highest BCUT2D eigenvalue weighted by molar-refractivity contribution is 6.23. The Kier molecular flexibility index (Phi) is 2.23. The van der Waals surface area contributed by atoms with Crippen molar-refractivity contribution >= 4 is 17.5 Å². The molecule has 1 aromatic rings. The maximum Gasteiger partial charge on any atom is 0.238 e. The van der Waals surface area contributed by atoms with E-state index in [9.17, 15) is 9.59 Å². The van der Waals surface area contributed by atoms with Crippen molar-refractivity contribution in [3.8, 4) is 0 Å². The molecule has 0 unspecified atom stereocenters. The summed E-state index contributed by atoms with van der Waals surface area (Å²) >= 11 is 0. The van der Waals surface area contributed by atoms with Crippen molar-refractivity contribution in [1.29, 1.82) is 0 Å². The van der Waals surface area contributed by atoms with Crippen molar-refractivity contribution in [1.82, 2.24) is 0 Å². The molecule has 1 saturated heterocycles. The Morgan fingerprint density at radius 3 is 2.09 bits per heavy atom. The number of rotatable bonds is 1. The van der Waals surface area contributed by atoms with E-state index in [1.54, 1.807) is 0 Å². The van der Waals surface area contributed by atoms with E-state index in [1.165, 1.54) is 11.3 Å². The van der Waals surface area contributed by atoms with Gasteiger partial charge >= 0.3 is 0 Å². The molecular formula is C19H19NO2. The average Bonchev–Trinajstić information content (AvgIpc) is 3.26. The van der Waals surface area contributed by atoms with Gasteiger partial charge in [-0.3, -0.25) is 9.59 Å². The molecule has 2 bridgehead atoms. The molecule has 3 heteroatoms. The van der Waals surface area contributed by atoms with Crippen molar-refractivity contribution in [2.75, 3.05) is 4.90 Å². The first-order valence-corrected chi connectivity index (χ1v) is 8.21. The summed E-state index contributed by atoms with van der Waals surface area (Å²) in [5.41, 5.74) is 2.94. The number of anilines is 1. The predicted octanol–water partition coefficient (Wildman–Crippen LogP) is 2.86. The number of imide groups is 1. The van der Waals surface area contributed by atoms with Crippen molar-refractivity contribution in [2.24, 2.45) is 35.5 Å². The van der Waals surface area contributed by atoms with Gasteiger partial charge in [-0.1, -0.05) is 29.8 Å². The number of amides is 2. The number of hydrogen-bond acceptors (Lipinski definition) is 2. The van der Waals surface area contributed by atoms with E-state index in [4.69, 9.17) is 0 Å². The monoisotopic (exact) mass is 293 g/mol. The third-order valence-corrected chi connectivity index (χ3v) is 6.26.